The van der Waals surface area contributed by atoms with E-state index in [0.29, 0.717) is 11.1 Å². The first kappa shape index (κ1) is 15.7. The Morgan fingerprint density at radius 2 is 2.04 bits per heavy atom. The first-order valence-corrected chi connectivity index (χ1v) is 7.00. The number of aryl methyl sites for hydroxylation is 1. The molecule has 0 unspecified atom stereocenters. The normalized spacial score (nSPS) is 10.7. The zero-order valence-corrected chi connectivity index (χ0v) is 12.9. The lowest BCUT2D eigenvalue weighted by Crippen LogP contribution is -2.30. The Kier molecular flexibility index (Phi) is 4.03. The number of anilines is 1. The molecule has 0 saturated heterocycles. The van der Waals surface area contributed by atoms with Gasteiger partial charge >= 0.3 is 0 Å². The van der Waals surface area contributed by atoms with E-state index in [1.807, 2.05) is 0 Å². The van der Waals surface area contributed by atoms with Gasteiger partial charge in [0, 0.05) is 24.0 Å². The molecule has 1 aromatic carbocycles. The van der Waals surface area contributed by atoms with Crippen LogP contribution in [0.5, 0.6) is 5.88 Å². The van der Waals surface area contributed by atoms with Crippen molar-refractivity contribution in [3.8, 4) is 5.88 Å². The number of ether oxygens (including phenoxy) is 1. The minimum absolute atomic E-state index is 0.136. The summed E-state index contributed by atoms with van der Waals surface area (Å²) in [4.78, 5) is 16.0. The van der Waals surface area contributed by atoms with Crippen LogP contribution in [0.3, 0.4) is 0 Å². The summed E-state index contributed by atoms with van der Waals surface area (Å²) in [5.74, 6) is -1.62. The SMILES string of the molecule is COc1ncc(NNC(=O)c2cc3cc(F)ccc3n2C)cc1F. The zero-order valence-electron chi connectivity index (χ0n) is 12.9. The maximum absolute atomic E-state index is 13.6. The van der Waals surface area contributed by atoms with Gasteiger partial charge in [0.25, 0.3) is 5.91 Å². The Balaban J connectivity index is 1.78. The average molecular weight is 332 g/mol. The zero-order chi connectivity index (χ0) is 17.3. The Hall–Kier alpha value is -3.16. The lowest BCUT2D eigenvalue weighted by molar-refractivity contribution is 0.0955. The fraction of sp³-hybridized carbons (Fsp3) is 0.125. The van der Waals surface area contributed by atoms with E-state index in [9.17, 15) is 13.6 Å². The van der Waals surface area contributed by atoms with E-state index in [4.69, 9.17) is 4.74 Å². The summed E-state index contributed by atoms with van der Waals surface area (Å²) < 4.78 is 33.2. The molecule has 6 nitrogen and oxygen atoms in total. The van der Waals surface area contributed by atoms with Crippen LogP contribution in [-0.2, 0) is 7.05 Å². The highest BCUT2D eigenvalue weighted by Gasteiger charge is 2.14. The minimum Gasteiger partial charge on any atom is -0.479 e. The fourth-order valence-electron chi connectivity index (χ4n) is 2.38. The third kappa shape index (κ3) is 2.85. The average Bonchev–Trinajstić information content (AvgIpc) is 2.89. The van der Waals surface area contributed by atoms with Crippen molar-refractivity contribution in [1.29, 1.82) is 0 Å². The van der Waals surface area contributed by atoms with Crippen LogP contribution in [0.25, 0.3) is 10.9 Å². The van der Waals surface area contributed by atoms with E-state index in [1.165, 1.54) is 25.4 Å². The molecule has 3 aromatic rings. The summed E-state index contributed by atoms with van der Waals surface area (Å²) in [7, 11) is 3.01. The highest BCUT2D eigenvalue weighted by Crippen LogP contribution is 2.20. The van der Waals surface area contributed by atoms with Crippen molar-refractivity contribution in [2.24, 2.45) is 7.05 Å². The first-order valence-electron chi connectivity index (χ1n) is 7.00. The van der Waals surface area contributed by atoms with Gasteiger partial charge < -0.3 is 9.30 Å². The van der Waals surface area contributed by atoms with Crippen LogP contribution in [0.4, 0.5) is 14.5 Å². The Labute approximate surface area is 136 Å². The summed E-state index contributed by atoms with van der Waals surface area (Å²) in [6.07, 6.45) is 1.32. The molecule has 0 aliphatic heterocycles. The summed E-state index contributed by atoms with van der Waals surface area (Å²) in [6.45, 7) is 0. The highest BCUT2D eigenvalue weighted by atomic mass is 19.1. The second-order valence-corrected chi connectivity index (χ2v) is 5.09. The Morgan fingerprint density at radius 3 is 2.75 bits per heavy atom. The van der Waals surface area contributed by atoms with Crippen LogP contribution in [0.15, 0.2) is 36.5 Å². The largest absolute Gasteiger partial charge is 0.479 e. The van der Waals surface area contributed by atoms with Gasteiger partial charge in [0.15, 0.2) is 5.82 Å². The number of hydrazine groups is 1. The van der Waals surface area contributed by atoms with Gasteiger partial charge in [0.2, 0.25) is 5.88 Å². The molecule has 3 rings (SSSR count). The van der Waals surface area contributed by atoms with Gasteiger partial charge in [0.1, 0.15) is 11.5 Å². The van der Waals surface area contributed by atoms with Crippen LogP contribution in [0.2, 0.25) is 0 Å². The monoisotopic (exact) mass is 332 g/mol. The smallest absolute Gasteiger partial charge is 0.286 e. The number of methoxy groups -OCH3 is 1. The standard InChI is InChI=1S/C16H14F2N4O2/c1-22-13-4-3-10(17)5-9(13)6-14(22)15(23)21-20-11-7-12(18)16(24-2)19-8-11/h3-8,20H,1-2H3,(H,21,23). The molecule has 2 N–H and O–H groups in total. The molecule has 1 amide bonds. The topological polar surface area (TPSA) is 68.2 Å². The second kappa shape index (κ2) is 6.15. The number of carbonyl (C=O) groups is 1. The number of fused-ring (bicyclic) bond motifs is 1. The highest BCUT2D eigenvalue weighted by molar-refractivity contribution is 5.99. The van der Waals surface area contributed by atoms with E-state index < -0.39 is 11.7 Å². The van der Waals surface area contributed by atoms with Crippen molar-refractivity contribution in [2.75, 3.05) is 12.5 Å². The molecule has 2 aromatic heterocycles. The van der Waals surface area contributed by atoms with E-state index in [0.717, 1.165) is 11.6 Å². The number of pyridine rings is 1. The molecule has 0 bridgehead atoms. The van der Waals surface area contributed by atoms with E-state index in [2.05, 4.69) is 15.8 Å². The molecule has 0 radical (unpaired) electrons. The third-order valence-electron chi connectivity index (χ3n) is 3.56. The maximum atomic E-state index is 13.6. The fourth-order valence-corrected chi connectivity index (χ4v) is 2.38. The Morgan fingerprint density at radius 1 is 1.25 bits per heavy atom. The predicted molar refractivity (Wildman–Crippen MR) is 84.7 cm³/mol. The van der Waals surface area contributed by atoms with Gasteiger partial charge in [0.05, 0.1) is 19.0 Å². The van der Waals surface area contributed by atoms with Gasteiger partial charge in [-0.15, -0.1) is 0 Å². The molecular weight excluding hydrogens is 318 g/mol. The van der Waals surface area contributed by atoms with Crippen molar-refractivity contribution < 1.29 is 18.3 Å². The Bertz CT molecular complexity index is 924. The molecule has 2 heterocycles. The predicted octanol–water partition coefficient (Wildman–Crippen LogP) is 2.62. The van der Waals surface area contributed by atoms with E-state index >= 15 is 0 Å². The number of hydrogen-bond acceptors (Lipinski definition) is 4. The molecule has 0 saturated carbocycles. The quantitative estimate of drug-likeness (QED) is 0.721. The number of nitrogens with one attached hydrogen (secondary N) is 2. The van der Waals surface area contributed by atoms with Crippen LogP contribution in [0, 0.1) is 11.6 Å². The lowest BCUT2D eigenvalue weighted by Gasteiger charge is -2.10. The number of halogens is 2. The number of amides is 1. The van der Waals surface area contributed by atoms with Crippen molar-refractivity contribution in [1.82, 2.24) is 15.0 Å². The third-order valence-corrected chi connectivity index (χ3v) is 3.56. The summed E-state index contributed by atoms with van der Waals surface area (Å²) in [6, 6.07) is 6.99. The first-order chi connectivity index (χ1) is 11.5. The van der Waals surface area contributed by atoms with Crippen LogP contribution in [-0.4, -0.2) is 22.6 Å². The minimum atomic E-state index is -0.656. The number of carbonyl (C=O) groups excluding carboxylic acids is 1. The molecule has 0 fully saturated rings. The second-order valence-electron chi connectivity index (χ2n) is 5.09. The van der Waals surface area contributed by atoms with Crippen LogP contribution in [0.1, 0.15) is 10.5 Å². The number of hydrogen-bond donors (Lipinski definition) is 2. The van der Waals surface area contributed by atoms with Crippen LogP contribution >= 0.6 is 0 Å². The summed E-state index contributed by atoms with van der Waals surface area (Å²) >= 11 is 0. The molecule has 8 heteroatoms. The van der Waals surface area contributed by atoms with Gasteiger partial charge in [-0.05, 0) is 24.3 Å². The molecular formula is C16H14F2N4O2. The number of nitrogens with zero attached hydrogens (tertiary/aromatic N) is 2. The summed E-state index contributed by atoms with van der Waals surface area (Å²) in [5.41, 5.74) is 6.32. The molecule has 0 atom stereocenters. The van der Waals surface area contributed by atoms with Crippen molar-refractivity contribution in [2.45, 2.75) is 0 Å². The van der Waals surface area contributed by atoms with E-state index in [-0.39, 0.29) is 17.4 Å². The molecule has 0 aliphatic carbocycles. The number of rotatable bonds is 4. The maximum Gasteiger partial charge on any atom is 0.286 e. The number of benzene rings is 1. The molecule has 124 valence electrons. The van der Waals surface area contributed by atoms with Crippen molar-refractivity contribution >= 4 is 22.5 Å². The van der Waals surface area contributed by atoms with Crippen molar-refractivity contribution in [3.05, 3.63) is 53.9 Å². The van der Waals surface area contributed by atoms with Gasteiger partial charge in [-0.3, -0.25) is 15.6 Å². The molecule has 0 spiro atoms. The van der Waals surface area contributed by atoms with Crippen LogP contribution < -0.4 is 15.6 Å². The van der Waals surface area contributed by atoms with Gasteiger partial charge in [-0.1, -0.05) is 0 Å². The molecule has 0 aliphatic rings. The van der Waals surface area contributed by atoms with E-state index in [1.54, 1.807) is 23.7 Å². The summed E-state index contributed by atoms with van der Waals surface area (Å²) in [5, 5.41) is 0.611. The molecule has 24 heavy (non-hydrogen) atoms. The number of aromatic nitrogens is 2. The van der Waals surface area contributed by atoms with Gasteiger partial charge in [-0.2, -0.15) is 0 Å². The lowest BCUT2D eigenvalue weighted by atomic mass is 10.2. The van der Waals surface area contributed by atoms with Crippen molar-refractivity contribution in [3.63, 3.8) is 0 Å². The van der Waals surface area contributed by atoms with Gasteiger partial charge in [-0.25, -0.2) is 13.8 Å².